The molecule has 0 spiro atoms. The number of piperazine rings is 1. The summed E-state index contributed by atoms with van der Waals surface area (Å²) in [5.74, 6) is 0. The summed E-state index contributed by atoms with van der Waals surface area (Å²) >= 11 is 1.73. The number of thiophene rings is 1. The molecular formula is C22H26N4S. The van der Waals surface area contributed by atoms with Gasteiger partial charge in [-0.2, -0.15) is 11.3 Å². The Bertz CT molecular complexity index is 882. The molecule has 0 aliphatic carbocycles. The molecule has 0 bridgehead atoms. The van der Waals surface area contributed by atoms with Gasteiger partial charge in [-0.15, -0.1) is 0 Å². The molecule has 4 nitrogen and oxygen atoms in total. The molecule has 1 saturated heterocycles. The standard InChI is InChI=1S/C22H26N4S/c23-19-6-7-22(24)20(12-19)21-16-27-15-18(21)14-26-10-8-25(9-11-26)13-17-4-2-1-3-5-17/h1-7,12,15-16H,8-11,13-14,23-24H2. The van der Waals surface area contributed by atoms with Crippen LogP contribution in [0.5, 0.6) is 0 Å². The third-order valence-electron chi connectivity index (χ3n) is 5.22. The number of nitrogen functional groups attached to an aromatic ring is 2. The topological polar surface area (TPSA) is 58.5 Å². The van der Waals surface area contributed by atoms with Crippen molar-refractivity contribution in [1.29, 1.82) is 0 Å². The summed E-state index contributed by atoms with van der Waals surface area (Å²) in [7, 11) is 0. The van der Waals surface area contributed by atoms with Gasteiger partial charge in [0.15, 0.2) is 0 Å². The van der Waals surface area contributed by atoms with Crippen LogP contribution in [-0.2, 0) is 13.1 Å². The predicted octanol–water partition coefficient (Wildman–Crippen LogP) is 3.90. The van der Waals surface area contributed by atoms with Crippen molar-refractivity contribution in [2.24, 2.45) is 0 Å². The first-order valence-electron chi connectivity index (χ1n) is 9.38. The normalized spacial score (nSPS) is 15.9. The van der Waals surface area contributed by atoms with Crippen LogP contribution in [0.3, 0.4) is 0 Å². The van der Waals surface area contributed by atoms with Crippen molar-refractivity contribution >= 4 is 22.7 Å². The molecule has 1 aromatic heterocycles. The van der Waals surface area contributed by atoms with Crippen LogP contribution in [0.25, 0.3) is 11.1 Å². The van der Waals surface area contributed by atoms with Crippen LogP contribution in [0.1, 0.15) is 11.1 Å². The largest absolute Gasteiger partial charge is 0.399 e. The zero-order valence-corrected chi connectivity index (χ0v) is 16.3. The molecule has 1 aliphatic heterocycles. The number of nitrogens with zero attached hydrogens (tertiary/aromatic N) is 2. The molecule has 1 fully saturated rings. The maximum absolute atomic E-state index is 6.20. The first-order valence-corrected chi connectivity index (χ1v) is 10.3. The molecule has 27 heavy (non-hydrogen) atoms. The van der Waals surface area contributed by atoms with Gasteiger partial charge in [0, 0.05) is 56.2 Å². The van der Waals surface area contributed by atoms with Gasteiger partial charge in [-0.05, 0) is 45.6 Å². The van der Waals surface area contributed by atoms with Gasteiger partial charge in [-0.3, -0.25) is 9.80 Å². The average molecular weight is 379 g/mol. The van der Waals surface area contributed by atoms with Gasteiger partial charge < -0.3 is 11.5 Å². The number of benzene rings is 2. The van der Waals surface area contributed by atoms with Gasteiger partial charge in [0.25, 0.3) is 0 Å². The van der Waals surface area contributed by atoms with Crippen LogP contribution in [0.15, 0.2) is 59.3 Å². The smallest absolute Gasteiger partial charge is 0.0395 e. The summed E-state index contributed by atoms with van der Waals surface area (Å²) in [6, 6.07) is 16.5. The molecule has 140 valence electrons. The lowest BCUT2D eigenvalue weighted by atomic mass is 10.0. The fourth-order valence-electron chi connectivity index (χ4n) is 3.68. The fraction of sp³-hybridized carbons (Fsp3) is 0.273. The number of nitrogens with two attached hydrogens (primary N) is 2. The van der Waals surface area contributed by atoms with E-state index in [1.165, 1.54) is 16.7 Å². The third kappa shape index (κ3) is 4.33. The molecule has 2 aromatic carbocycles. The molecular weight excluding hydrogens is 352 g/mol. The molecule has 4 rings (SSSR count). The summed E-state index contributed by atoms with van der Waals surface area (Å²) in [5, 5.41) is 4.43. The van der Waals surface area contributed by atoms with Crippen molar-refractivity contribution in [2.75, 3.05) is 37.6 Å². The maximum atomic E-state index is 6.20. The minimum atomic E-state index is 0.755. The van der Waals surface area contributed by atoms with Crippen molar-refractivity contribution in [2.45, 2.75) is 13.1 Å². The van der Waals surface area contributed by atoms with Crippen molar-refractivity contribution in [3.8, 4) is 11.1 Å². The quantitative estimate of drug-likeness (QED) is 0.661. The van der Waals surface area contributed by atoms with E-state index in [9.17, 15) is 0 Å². The monoisotopic (exact) mass is 378 g/mol. The fourth-order valence-corrected chi connectivity index (χ4v) is 4.53. The first-order chi connectivity index (χ1) is 13.2. The SMILES string of the molecule is Nc1ccc(N)c(-c2cscc2CN2CCN(Cc3ccccc3)CC2)c1. The second kappa shape index (κ2) is 8.13. The highest BCUT2D eigenvalue weighted by Crippen LogP contribution is 2.34. The Morgan fingerprint density at radius 1 is 0.778 bits per heavy atom. The van der Waals surface area contributed by atoms with Gasteiger partial charge in [-0.25, -0.2) is 0 Å². The zero-order chi connectivity index (χ0) is 18.6. The number of hydrogen-bond donors (Lipinski definition) is 2. The van der Waals surface area contributed by atoms with Crippen LogP contribution in [0, 0.1) is 0 Å². The molecule has 3 aromatic rings. The lowest BCUT2D eigenvalue weighted by Crippen LogP contribution is -2.45. The van der Waals surface area contributed by atoms with E-state index in [4.69, 9.17) is 11.5 Å². The van der Waals surface area contributed by atoms with E-state index in [0.29, 0.717) is 0 Å². The van der Waals surface area contributed by atoms with E-state index >= 15 is 0 Å². The van der Waals surface area contributed by atoms with Crippen molar-refractivity contribution in [3.63, 3.8) is 0 Å². The molecule has 0 radical (unpaired) electrons. The van der Waals surface area contributed by atoms with Crippen molar-refractivity contribution < 1.29 is 0 Å². The Labute approximate surface area is 165 Å². The lowest BCUT2D eigenvalue weighted by Gasteiger charge is -2.34. The Kier molecular flexibility index (Phi) is 5.43. The molecule has 1 aliphatic rings. The van der Waals surface area contributed by atoms with E-state index in [-0.39, 0.29) is 0 Å². The Morgan fingerprint density at radius 2 is 1.48 bits per heavy atom. The summed E-state index contributed by atoms with van der Waals surface area (Å²) in [5.41, 5.74) is 18.7. The summed E-state index contributed by atoms with van der Waals surface area (Å²) in [6.45, 7) is 6.40. The maximum Gasteiger partial charge on any atom is 0.0395 e. The van der Waals surface area contributed by atoms with E-state index in [0.717, 1.165) is 56.2 Å². The Morgan fingerprint density at radius 3 is 2.22 bits per heavy atom. The molecule has 2 heterocycles. The highest BCUT2D eigenvalue weighted by molar-refractivity contribution is 7.08. The van der Waals surface area contributed by atoms with E-state index in [1.807, 2.05) is 18.2 Å². The minimum absolute atomic E-state index is 0.755. The summed E-state index contributed by atoms with van der Waals surface area (Å²) in [6.07, 6.45) is 0. The zero-order valence-electron chi connectivity index (χ0n) is 15.5. The second-order valence-corrected chi connectivity index (χ2v) is 7.94. The number of anilines is 2. The predicted molar refractivity (Wildman–Crippen MR) is 116 cm³/mol. The molecule has 0 saturated carbocycles. The third-order valence-corrected chi connectivity index (χ3v) is 6.01. The highest BCUT2D eigenvalue weighted by Gasteiger charge is 2.19. The van der Waals surface area contributed by atoms with Crippen LogP contribution in [0.2, 0.25) is 0 Å². The molecule has 0 atom stereocenters. The average Bonchev–Trinajstić information content (AvgIpc) is 3.14. The number of rotatable bonds is 5. The molecule has 5 heteroatoms. The second-order valence-electron chi connectivity index (χ2n) is 7.20. The van der Waals surface area contributed by atoms with E-state index in [1.54, 1.807) is 11.3 Å². The summed E-state index contributed by atoms with van der Waals surface area (Å²) in [4.78, 5) is 5.08. The molecule has 0 unspecified atom stereocenters. The summed E-state index contributed by atoms with van der Waals surface area (Å²) < 4.78 is 0. The van der Waals surface area contributed by atoms with Gasteiger partial charge in [-0.1, -0.05) is 30.3 Å². The van der Waals surface area contributed by atoms with Crippen molar-refractivity contribution in [3.05, 3.63) is 70.4 Å². The first kappa shape index (κ1) is 18.0. The van der Waals surface area contributed by atoms with Crippen LogP contribution in [-0.4, -0.2) is 36.0 Å². The van der Waals surface area contributed by atoms with Gasteiger partial charge in [0.05, 0.1) is 0 Å². The van der Waals surface area contributed by atoms with Crippen molar-refractivity contribution in [1.82, 2.24) is 9.80 Å². The highest BCUT2D eigenvalue weighted by atomic mass is 32.1. The minimum Gasteiger partial charge on any atom is -0.399 e. The van der Waals surface area contributed by atoms with Crippen LogP contribution >= 0.6 is 11.3 Å². The van der Waals surface area contributed by atoms with E-state index < -0.39 is 0 Å². The van der Waals surface area contributed by atoms with Gasteiger partial charge >= 0.3 is 0 Å². The molecule has 4 N–H and O–H groups in total. The Hall–Kier alpha value is -2.34. The number of hydrogen-bond acceptors (Lipinski definition) is 5. The van der Waals surface area contributed by atoms with Crippen LogP contribution in [0.4, 0.5) is 11.4 Å². The van der Waals surface area contributed by atoms with Gasteiger partial charge in [0.2, 0.25) is 0 Å². The molecule has 0 amide bonds. The van der Waals surface area contributed by atoms with E-state index in [2.05, 4.69) is 50.9 Å². The van der Waals surface area contributed by atoms with Gasteiger partial charge in [0.1, 0.15) is 0 Å². The van der Waals surface area contributed by atoms with Crippen LogP contribution < -0.4 is 11.5 Å². The Balaban J connectivity index is 1.39. The lowest BCUT2D eigenvalue weighted by molar-refractivity contribution is 0.122.